The van der Waals surface area contributed by atoms with Crippen LogP contribution in [-0.4, -0.2) is 47.3 Å². The fourth-order valence-electron chi connectivity index (χ4n) is 4.69. The smallest absolute Gasteiger partial charge is 0.229 e. The molecular weight excluding hydrogens is 386 g/mol. The van der Waals surface area contributed by atoms with Crippen LogP contribution in [0.3, 0.4) is 0 Å². The van der Waals surface area contributed by atoms with Crippen LogP contribution >= 0.6 is 0 Å². The van der Waals surface area contributed by atoms with Gasteiger partial charge in [0, 0.05) is 44.3 Å². The van der Waals surface area contributed by atoms with Crippen LogP contribution in [0.2, 0.25) is 0 Å². The van der Waals surface area contributed by atoms with Crippen molar-refractivity contribution in [2.75, 3.05) is 25.0 Å². The van der Waals surface area contributed by atoms with Crippen LogP contribution in [0.15, 0.2) is 54.6 Å². The zero-order chi connectivity index (χ0) is 21.8. The topological polar surface area (TPSA) is 52.7 Å². The quantitative estimate of drug-likeness (QED) is 0.761. The molecule has 164 valence electrons. The van der Waals surface area contributed by atoms with Gasteiger partial charge in [0.1, 0.15) is 0 Å². The Morgan fingerprint density at radius 3 is 2.35 bits per heavy atom. The number of hydrogen-bond donors (Lipinski definition) is 1. The van der Waals surface area contributed by atoms with Gasteiger partial charge in [-0.1, -0.05) is 56.3 Å². The van der Waals surface area contributed by atoms with E-state index < -0.39 is 0 Å². The lowest BCUT2D eigenvalue weighted by Gasteiger charge is -2.36. The monoisotopic (exact) mass is 419 g/mol. The Morgan fingerprint density at radius 2 is 1.71 bits per heavy atom. The molecule has 31 heavy (non-hydrogen) atoms. The van der Waals surface area contributed by atoms with Gasteiger partial charge in [-0.05, 0) is 42.0 Å². The highest BCUT2D eigenvalue weighted by Crippen LogP contribution is 2.27. The predicted octanol–water partition coefficient (Wildman–Crippen LogP) is 4.26. The van der Waals surface area contributed by atoms with E-state index in [2.05, 4.69) is 60.5 Å². The van der Waals surface area contributed by atoms with Crippen LogP contribution in [0, 0.1) is 5.92 Å². The van der Waals surface area contributed by atoms with E-state index in [-0.39, 0.29) is 23.8 Å². The van der Waals surface area contributed by atoms with Gasteiger partial charge in [-0.2, -0.15) is 0 Å². The Labute approximate surface area is 185 Å². The Morgan fingerprint density at radius 1 is 1.03 bits per heavy atom. The molecule has 1 unspecified atom stereocenters. The standard InChI is InChI=1S/C26H33N3O2/c1-19(2)21-8-10-23(11-9-21)27-26(31)22-16-25(30)29(18-22)24-12-14-28(15-13-24)17-20-6-4-3-5-7-20/h3-11,19,22,24H,12-18H2,1-2H3,(H,27,31). The maximum atomic E-state index is 12.8. The number of hydrogen-bond acceptors (Lipinski definition) is 3. The van der Waals surface area contributed by atoms with E-state index in [1.54, 1.807) is 0 Å². The molecule has 0 saturated carbocycles. The minimum absolute atomic E-state index is 0.0466. The Kier molecular flexibility index (Phi) is 6.71. The second-order valence-electron chi connectivity index (χ2n) is 9.21. The van der Waals surface area contributed by atoms with Crippen LogP contribution in [0.25, 0.3) is 0 Å². The highest BCUT2D eigenvalue weighted by atomic mass is 16.2. The van der Waals surface area contributed by atoms with Crippen LogP contribution < -0.4 is 5.32 Å². The lowest BCUT2D eigenvalue weighted by Crippen LogP contribution is -2.45. The van der Waals surface area contributed by atoms with Gasteiger partial charge in [-0.3, -0.25) is 14.5 Å². The first-order chi connectivity index (χ1) is 15.0. The van der Waals surface area contributed by atoms with Gasteiger partial charge in [-0.25, -0.2) is 0 Å². The number of rotatable bonds is 6. The summed E-state index contributed by atoms with van der Waals surface area (Å²) in [6.07, 6.45) is 2.27. The fraction of sp³-hybridized carbons (Fsp3) is 0.462. The third-order valence-electron chi connectivity index (χ3n) is 6.62. The molecule has 0 aliphatic carbocycles. The van der Waals surface area contributed by atoms with Gasteiger partial charge in [0.2, 0.25) is 11.8 Å². The van der Waals surface area contributed by atoms with Crippen molar-refractivity contribution in [3.8, 4) is 0 Å². The first-order valence-corrected chi connectivity index (χ1v) is 11.5. The molecule has 2 heterocycles. The van der Waals surface area contributed by atoms with Crippen molar-refractivity contribution in [2.45, 2.75) is 51.6 Å². The average Bonchev–Trinajstić information content (AvgIpc) is 3.17. The second kappa shape index (κ2) is 9.65. The lowest BCUT2D eigenvalue weighted by atomic mass is 10.0. The molecule has 0 bridgehead atoms. The zero-order valence-corrected chi connectivity index (χ0v) is 18.6. The molecule has 0 radical (unpaired) electrons. The first-order valence-electron chi connectivity index (χ1n) is 11.5. The average molecular weight is 420 g/mol. The summed E-state index contributed by atoms with van der Waals surface area (Å²) in [6, 6.07) is 18.8. The third kappa shape index (κ3) is 5.34. The molecular formula is C26H33N3O2. The Hall–Kier alpha value is -2.66. The Bertz CT molecular complexity index is 887. The minimum atomic E-state index is -0.264. The molecule has 5 nitrogen and oxygen atoms in total. The lowest BCUT2D eigenvalue weighted by molar-refractivity contribution is -0.130. The molecule has 2 amide bonds. The molecule has 0 spiro atoms. The molecule has 0 aromatic heterocycles. The van der Waals surface area contributed by atoms with Gasteiger partial charge in [-0.15, -0.1) is 0 Å². The third-order valence-corrected chi connectivity index (χ3v) is 6.62. The van der Waals surface area contributed by atoms with Gasteiger partial charge in [0.05, 0.1) is 5.92 Å². The molecule has 2 saturated heterocycles. The summed E-state index contributed by atoms with van der Waals surface area (Å²) >= 11 is 0. The summed E-state index contributed by atoms with van der Waals surface area (Å²) < 4.78 is 0. The van der Waals surface area contributed by atoms with Crippen LogP contribution in [0.4, 0.5) is 5.69 Å². The van der Waals surface area contributed by atoms with Crippen molar-refractivity contribution in [2.24, 2.45) is 5.92 Å². The van der Waals surface area contributed by atoms with Crippen molar-refractivity contribution < 1.29 is 9.59 Å². The van der Waals surface area contributed by atoms with E-state index in [9.17, 15) is 9.59 Å². The minimum Gasteiger partial charge on any atom is -0.339 e. The molecule has 2 aromatic carbocycles. The summed E-state index contributed by atoms with van der Waals surface area (Å²) in [5.41, 5.74) is 3.38. The summed E-state index contributed by atoms with van der Waals surface area (Å²) in [4.78, 5) is 29.8. The van der Waals surface area contributed by atoms with E-state index in [1.165, 1.54) is 11.1 Å². The van der Waals surface area contributed by atoms with Gasteiger partial charge in [0.25, 0.3) is 0 Å². The SMILES string of the molecule is CC(C)c1ccc(NC(=O)C2CC(=O)N(C3CCN(Cc4ccccc4)CC3)C2)cc1. The molecule has 1 atom stereocenters. The van der Waals surface area contributed by atoms with E-state index in [4.69, 9.17) is 0 Å². The molecule has 5 heteroatoms. The molecule has 2 fully saturated rings. The largest absolute Gasteiger partial charge is 0.339 e. The zero-order valence-electron chi connectivity index (χ0n) is 18.6. The number of benzene rings is 2. The number of anilines is 1. The fourth-order valence-corrected chi connectivity index (χ4v) is 4.69. The van der Waals surface area contributed by atoms with Crippen molar-refractivity contribution in [3.63, 3.8) is 0 Å². The molecule has 4 rings (SSSR count). The van der Waals surface area contributed by atoms with E-state index in [1.807, 2.05) is 23.1 Å². The van der Waals surface area contributed by atoms with Crippen LogP contribution in [-0.2, 0) is 16.1 Å². The van der Waals surface area contributed by atoms with E-state index >= 15 is 0 Å². The van der Waals surface area contributed by atoms with Crippen molar-refractivity contribution in [3.05, 3.63) is 65.7 Å². The number of piperidine rings is 1. The van der Waals surface area contributed by atoms with Crippen molar-refractivity contribution in [1.29, 1.82) is 0 Å². The van der Waals surface area contributed by atoms with Crippen molar-refractivity contribution >= 4 is 17.5 Å². The summed E-state index contributed by atoms with van der Waals surface area (Å²) in [5, 5.41) is 3.00. The number of likely N-dealkylation sites (tertiary alicyclic amines) is 2. The van der Waals surface area contributed by atoms with Crippen molar-refractivity contribution in [1.82, 2.24) is 9.80 Å². The normalized spacial score (nSPS) is 20.4. The second-order valence-corrected chi connectivity index (χ2v) is 9.21. The Balaban J connectivity index is 1.27. The number of carbonyl (C=O) groups is 2. The van der Waals surface area contributed by atoms with Gasteiger partial charge >= 0.3 is 0 Å². The summed E-state index contributed by atoms with van der Waals surface area (Å²) in [6.45, 7) is 7.78. The first kappa shape index (κ1) is 21.6. The van der Waals surface area contributed by atoms with Crippen LogP contribution in [0.5, 0.6) is 0 Å². The summed E-state index contributed by atoms with van der Waals surface area (Å²) in [7, 11) is 0. The maximum Gasteiger partial charge on any atom is 0.229 e. The number of carbonyl (C=O) groups excluding carboxylic acids is 2. The molecule has 2 aliphatic rings. The summed E-state index contributed by atoms with van der Waals surface area (Å²) in [5.74, 6) is 0.274. The van der Waals surface area contributed by atoms with E-state index in [0.717, 1.165) is 38.2 Å². The predicted molar refractivity (Wildman–Crippen MR) is 124 cm³/mol. The van der Waals surface area contributed by atoms with E-state index in [0.29, 0.717) is 18.9 Å². The number of nitrogens with one attached hydrogen (secondary N) is 1. The number of amides is 2. The number of nitrogens with zero attached hydrogens (tertiary/aromatic N) is 2. The molecule has 2 aliphatic heterocycles. The molecule has 1 N–H and O–H groups in total. The highest BCUT2D eigenvalue weighted by Gasteiger charge is 2.38. The molecule has 2 aromatic rings. The highest BCUT2D eigenvalue weighted by molar-refractivity contribution is 5.97. The van der Waals surface area contributed by atoms with Gasteiger partial charge in [0.15, 0.2) is 0 Å². The van der Waals surface area contributed by atoms with Gasteiger partial charge < -0.3 is 10.2 Å². The maximum absolute atomic E-state index is 12.8. The van der Waals surface area contributed by atoms with Crippen LogP contribution in [0.1, 0.15) is 50.2 Å².